The predicted octanol–water partition coefficient (Wildman–Crippen LogP) is 4.10. The molecule has 0 heterocycles. The summed E-state index contributed by atoms with van der Waals surface area (Å²) < 4.78 is 0. The number of hydrogen-bond donors (Lipinski definition) is 2. The Labute approximate surface area is 111 Å². The fraction of sp³-hybridized carbons (Fsp3) is 0.375. The highest BCUT2D eigenvalue weighted by Gasteiger charge is 2.10. The smallest absolute Gasteiger partial charge is 0.0394 e. The molecule has 1 rings (SSSR count). The number of allylic oxidation sites excluding steroid dienone is 2. The Bertz CT molecular complexity index is 447. The average molecular weight is 244 g/mol. The van der Waals surface area contributed by atoms with Crippen LogP contribution >= 0.6 is 0 Å². The minimum absolute atomic E-state index is 0.441. The second-order valence-electron chi connectivity index (χ2n) is 4.72. The van der Waals surface area contributed by atoms with E-state index in [1.165, 1.54) is 5.56 Å². The third-order valence-corrected chi connectivity index (χ3v) is 3.30. The van der Waals surface area contributed by atoms with Crippen LogP contribution in [0, 0.1) is 5.92 Å². The van der Waals surface area contributed by atoms with Gasteiger partial charge in [0.2, 0.25) is 0 Å². The largest absolute Gasteiger partial charge is 0.398 e. The maximum atomic E-state index is 6.12. The Kier molecular flexibility index (Phi) is 5.02. The highest BCUT2D eigenvalue weighted by atomic mass is 14.8. The van der Waals surface area contributed by atoms with Crippen molar-refractivity contribution in [3.05, 3.63) is 42.5 Å². The van der Waals surface area contributed by atoms with E-state index in [9.17, 15) is 0 Å². The number of rotatable bonds is 6. The molecule has 0 saturated carbocycles. The molecule has 0 spiro atoms. The van der Waals surface area contributed by atoms with E-state index in [4.69, 9.17) is 5.73 Å². The summed E-state index contributed by atoms with van der Waals surface area (Å²) in [5.74, 6) is 0.441. The lowest BCUT2D eigenvalue weighted by Gasteiger charge is -2.16. The number of anilines is 2. The fourth-order valence-corrected chi connectivity index (χ4v) is 1.99. The van der Waals surface area contributed by atoms with Gasteiger partial charge in [0, 0.05) is 24.0 Å². The molecule has 0 aromatic heterocycles. The quantitative estimate of drug-likeness (QED) is 0.584. The van der Waals surface area contributed by atoms with Gasteiger partial charge < -0.3 is 11.1 Å². The van der Waals surface area contributed by atoms with Crippen LogP contribution in [0.4, 0.5) is 11.4 Å². The molecule has 98 valence electrons. The molecule has 3 N–H and O–H groups in total. The van der Waals surface area contributed by atoms with Gasteiger partial charge in [0.25, 0.3) is 0 Å². The van der Waals surface area contributed by atoms with Crippen LogP contribution < -0.4 is 11.1 Å². The molecule has 1 aromatic carbocycles. The Morgan fingerprint density at radius 3 is 2.67 bits per heavy atom. The molecule has 18 heavy (non-hydrogen) atoms. The van der Waals surface area contributed by atoms with E-state index in [1.54, 1.807) is 0 Å². The summed E-state index contributed by atoms with van der Waals surface area (Å²) in [4.78, 5) is 0. The third kappa shape index (κ3) is 3.16. The van der Waals surface area contributed by atoms with Crippen molar-refractivity contribution in [2.45, 2.75) is 26.7 Å². The summed E-state index contributed by atoms with van der Waals surface area (Å²) in [5.41, 5.74) is 11.4. The SMILES string of the molecule is C=CC(C)Cc1cc(N)c(C(=C)CC)cc1NC. The summed E-state index contributed by atoms with van der Waals surface area (Å²) >= 11 is 0. The standard InChI is InChI=1S/C16H24N2/c1-6-11(3)8-13-9-15(17)14(12(4)7-2)10-16(13)18-5/h6,9-11,18H,1,4,7-8,17H2,2-3,5H3. The summed E-state index contributed by atoms with van der Waals surface area (Å²) in [5, 5.41) is 3.24. The van der Waals surface area contributed by atoms with Gasteiger partial charge in [0.1, 0.15) is 0 Å². The molecule has 0 aliphatic rings. The van der Waals surface area contributed by atoms with Gasteiger partial charge in [0.05, 0.1) is 0 Å². The van der Waals surface area contributed by atoms with Crippen molar-refractivity contribution in [3.8, 4) is 0 Å². The summed E-state index contributed by atoms with van der Waals surface area (Å²) in [6.07, 6.45) is 3.83. The van der Waals surface area contributed by atoms with Crippen LogP contribution in [0.5, 0.6) is 0 Å². The second-order valence-corrected chi connectivity index (χ2v) is 4.72. The van der Waals surface area contributed by atoms with E-state index in [2.05, 4.69) is 44.5 Å². The molecule has 0 saturated heterocycles. The molecule has 0 bridgehead atoms. The zero-order valence-electron chi connectivity index (χ0n) is 11.7. The molecule has 2 nitrogen and oxygen atoms in total. The molecule has 0 radical (unpaired) electrons. The first-order valence-electron chi connectivity index (χ1n) is 6.44. The van der Waals surface area contributed by atoms with Gasteiger partial charge in [-0.25, -0.2) is 0 Å². The lowest BCUT2D eigenvalue weighted by molar-refractivity contribution is 0.727. The lowest BCUT2D eigenvalue weighted by atomic mass is 9.94. The first kappa shape index (κ1) is 14.4. The Morgan fingerprint density at radius 1 is 1.50 bits per heavy atom. The van der Waals surface area contributed by atoms with Crippen molar-refractivity contribution in [2.24, 2.45) is 5.92 Å². The van der Waals surface area contributed by atoms with Gasteiger partial charge in [-0.1, -0.05) is 26.5 Å². The predicted molar refractivity (Wildman–Crippen MR) is 82.8 cm³/mol. The van der Waals surface area contributed by atoms with Crippen LogP contribution in [0.15, 0.2) is 31.4 Å². The van der Waals surface area contributed by atoms with Crippen molar-refractivity contribution in [2.75, 3.05) is 18.1 Å². The molecule has 1 unspecified atom stereocenters. The fourth-order valence-electron chi connectivity index (χ4n) is 1.99. The number of nitrogens with two attached hydrogens (primary N) is 1. The van der Waals surface area contributed by atoms with Crippen molar-refractivity contribution in [3.63, 3.8) is 0 Å². The molecule has 1 atom stereocenters. The van der Waals surface area contributed by atoms with Gasteiger partial charge in [-0.15, -0.1) is 6.58 Å². The molecule has 0 fully saturated rings. The van der Waals surface area contributed by atoms with E-state index >= 15 is 0 Å². The molecule has 0 aliphatic carbocycles. The van der Waals surface area contributed by atoms with Crippen molar-refractivity contribution in [1.82, 2.24) is 0 Å². The normalized spacial score (nSPS) is 11.9. The van der Waals surface area contributed by atoms with Crippen LogP contribution in [0.25, 0.3) is 5.57 Å². The van der Waals surface area contributed by atoms with E-state index in [1.807, 2.05) is 13.1 Å². The molecular weight excluding hydrogens is 220 g/mol. The Hall–Kier alpha value is -1.70. The van der Waals surface area contributed by atoms with E-state index < -0.39 is 0 Å². The zero-order chi connectivity index (χ0) is 13.7. The first-order chi connectivity index (χ1) is 8.53. The number of hydrogen-bond acceptors (Lipinski definition) is 2. The van der Waals surface area contributed by atoms with Crippen LogP contribution in [0.2, 0.25) is 0 Å². The Balaban J connectivity index is 3.18. The van der Waals surface area contributed by atoms with Crippen molar-refractivity contribution >= 4 is 16.9 Å². The van der Waals surface area contributed by atoms with Crippen LogP contribution in [0.3, 0.4) is 0 Å². The summed E-state index contributed by atoms with van der Waals surface area (Å²) in [6.45, 7) is 12.1. The van der Waals surface area contributed by atoms with Crippen molar-refractivity contribution in [1.29, 1.82) is 0 Å². The highest BCUT2D eigenvalue weighted by molar-refractivity contribution is 5.78. The zero-order valence-corrected chi connectivity index (χ0v) is 11.7. The van der Waals surface area contributed by atoms with Crippen LogP contribution in [-0.4, -0.2) is 7.05 Å². The summed E-state index contributed by atoms with van der Waals surface area (Å²) in [7, 11) is 1.94. The second kappa shape index (κ2) is 6.29. The summed E-state index contributed by atoms with van der Waals surface area (Å²) in [6, 6.07) is 4.16. The molecule has 1 aromatic rings. The van der Waals surface area contributed by atoms with Gasteiger partial charge in [0.15, 0.2) is 0 Å². The van der Waals surface area contributed by atoms with Crippen LogP contribution in [-0.2, 0) is 6.42 Å². The minimum atomic E-state index is 0.441. The minimum Gasteiger partial charge on any atom is -0.398 e. The van der Waals surface area contributed by atoms with Gasteiger partial charge in [-0.3, -0.25) is 0 Å². The number of nitrogen functional groups attached to an aromatic ring is 1. The number of nitrogens with one attached hydrogen (secondary N) is 1. The maximum Gasteiger partial charge on any atom is 0.0394 e. The number of benzene rings is 1. The molecule has 2 heteroatoms. The monoisotopic (exact) mass is 244 g/mol. The third-order valence-electron chi connectivity index (χ3n) is 3.30. The average Bonchev–Trinajstić information content (AvgIpc) is 2.38. The van der Waals surface area contributed by atoms with E-state index in [0.717, 1.165) is 35.4 Å². The topological polar surface area (TPSA) is 38.0 Å². The molecular formula is C16H24N2. The van der Waals surface area contributed by atoms with Gasteiger partial charge in [-0.05, 0) is 42.0 Å². The van der Waals surface area contributed by atoms with E-state index in [0.29, 0.717) is 5.92 Å². The Morgan fingerprint density at radius 2 is 2.17 bits per heavy atom. The van der Waals surface area contributed by atoms with Crippen molar-refractivity contribution < 1.29 is 0 Å². The maximum absolute atomic E-state index is 6.12. The lowest BCUT2D eigenvalue weighted by Crippen LogP contribution is -2.04. The van der Waals surface area contributed by atoms with Crippen LogP contribution in [0.1, 0.15) is 31.4 Å². The highest BCUT2D eigenvalue weighted by Crippen LogP contribution is 2.30. The molecule has 0 amide bonds. The first-order valence-corrected chi connectivity index (χ1v) is 6.44. The van der Waals surface area contributed by atoms with E-state index in [-0.39, 0.29) is 0 Å². The van der Waals surface area contributed by atoms with Gasteiger partial charge in [-0.2, -0.15) is 0 Å². The molecule has 0 aliphatic heterocycles. The van der Waals surface area contributed by atoms with Gasteiger partial charge >= 0.3 is 0 Å².